The van der Waals surface area contributed by atoms with Crippen LogP contribution in [0.2, 0.25) is 0 Å². The molecular weight excluding hydrogens is 362 g/mol. The van der Waals surface area contributed by atoms with E-state index in [1.807, 2.05) is 79.7 Å². The van der Waals surface area contributed by atoms with Crippen molar-refractivity contribution in [3.05, 3.63) is 89.6 Å². The largest absolute Gasteiger partial charge is 0.306 e. The fourth-order valence-corrected chi connectivity index (χ4v) is 2.98. The molecule has 0 bridgehead atoms. The van der Waals surface area contributed by atoms with E-state index in [1.54, 1.807) is 16.8 Å². The molecule has 0 saturated carbocycles. The van der Waals surface area contributed by atoms with Gasteiger partial charge in [0.05, 0.1) is 11.2 Å². The van der Waals surface area contributed by atoms with Crippen molar-refractivity contribution in [2.24, 2.45) is 0 Å². The minimum atomic E-state index is -0.502. The highest BCUT2D eigenvalue weighted by Crippen LogP contribution is 2.20. The fourth-order valence-electron chi connectivity index (χ4n) is 2.98. The van der Waals surface area contributed by atoms with Gasteiger partial charge in [0.2, 0.25) is 0 Å². The van der Waals surface area contributed by atoms with E-state index in [0.29, 0.717) is 11.6 Å². The molecule has 0 aliphatic rings. The first kappa shape index (κ1) is 18.1. The number of aryl methyl sites for hydroxylation is 1. The molecule has 0 fully saturated rings. The number of carbonyl (C=O) groups is 1. The van der Waals surface area contributed by atoms with Gasteiger partial charge in [0.15, 0.2) is 5.82 Å². The molecule has 140 valence electrons. The maximum Gasteiger partial charge on any atom is 0.267 e. The Kier molecular flexibility index (Phi) is 4.87. The van der Waals surface area contributed by atoms with E-state index < -0.39 is 5.91 Å². The van der Waals surface area contributed by atoms with Gasteiger partial charge in [0, 0.05) is 11.5 Å². The molecule has 0 unspecified atom stereocenters. The lowest BCUT2D eigenvalue weighted by molar-refractivity contribution is -0.112. The van der Waals surface area contributed by atoms with Crippen LogP contribution >= 0.6 is 0 Å². The summed E-state index contributed by atoms with van der Waals surface area (Å²) in [6.07, 6.45) is 1.55. The summed E-state index contributed by atoms with van der Waals surface area (Å²) in [5.41, 5.74) is 2.34. The van der Waals surface area contributed by atoms with Gasteiger partial charge in [-0.05, 0) is 36.8 Å². The SMILES string of the molecule is Cc1cc(NC(=O)/C(C#N)=C/c2ccccc2)n(-c2ccc3ccccc3n2)n1. The number of nitrogens with zero attached hydrogens (tertiary/aromatic N) is 4. The normalized spacial score (nSPS) is 11.2. The van der Waals surface area contributed by atoms with Gasteiger partial charge in [-0.25, -0.2) is 4.98 Å². The number of benzene rings is 2. The first-order valence-corrected chi connectivity index (χ1v) is 9.05. The predicted octanol–water partition coefficient (Wildman–Crippen LogP) is 4.27. The third-order valence-electron chi connectivity index (χ3n) is 4.35. The van der Waals surface area contributed by atoms with E-state index in [9.17, 15) is 10.1 Å². The summed E-state index contributed by atoms with van der Waals surface area (Å²) >= 11 is 0. The number of nitrogens with one attached hydrogen (secondary N) is 1. The van der Waals surface area contributed by atoms with Crippen molar-refractivity contribution in [1.82, 2.24) is 14.8 Å². The van der Waals surface area contributed by atoms with Crippen LogP contribution < -0.4 is 5.32 Å². The lowest BCUT2D eigenvalue weighted by Crippen LogP contribution is -2.16. The van der Waals surface area contributed by atoms with Gasteiger partial charge in [-0.15, -0.1) is 0 Å². The number of pyridine rings is 1. The zero-order valence-corrected chi connectivity index (χ0v) is 15.7. The zero-order valence-electron chi connectivity index (χ0n) is 15.7. The second-order valence-corrected chi connectivity index (χ2v) is 6.48. The highest BCUT2D eigenvalue weighted by atomic mass is 16.1. The lowest BCUT2D eigenvalue weighted by Gasteiger charge is -2.09. The summed E-state index contributed by atoms with van der Waals surface area (Å²) in [6, 6.07) is 24.5. The Morgan fingerprint density at radius 1 is 1.07 bits per heavy atom. The highest BCUT2D eigenvalue weighted by Gasteiger charge is 2.15. The summed E-state index contributed by atoms with van der Waals surface area (Å²) in [5, 5.41) is 17.7. The smallest absolute Gasteiger partial charge is 0.267 e. The van der Waals surface area contributed by atoms with Crippen molar-refractivity contribution in [2.45, 2.75) is 6.92 Å². The topological polar surface area (TPSA) is 83.6 Å². The Morgan fingerprint density at radius 2 is 1.83 bits per heavy atom. The molecule has 0 atom stereocenters. The lowest BCUT2D eigenvalue weighted by atomic mass is 10.1. The number of hydrogen-bond acceptors (Lipinski definition) is 4. The molecule has 2 aromatic carbocycles. The van der Waals surface area contributed by atoms with Crippen LogP contribution in [0.15, 0.2) is 78.4 Å². The summed E-state index contributed by atoms with van der Waals surface area (Å²) in [5.74, 6) is 0.528. The number of amides is 1. The van der Waals surface area contributed by atoms with E-state index in [-0.39, 0.29) is 5.57 Å². The van der Waals surface area contributed by atoms with Crippen LogP contribution in [0.4, 0.5) is 5.82 Å². The average Bonchev–Trinajstić information content (AvgIpc) is 3.12. The molecule has 0 saturated heterocycles. The van der Waals surface area contributed by atoms with Crippen LogP contribution in [0.3, 0.4) is 0 Å². The molecule has 0 aliphatic carbocycles. The monoisotopic (exact) mass is 379 g/mol. The molecule has 0 aliphatic heterocycles. The number of aromatic nitrogens is 3. The van der Waals surface area contributed by atoms with Crippen molar-refractivity contribution in [3.8, 4) is 11.9 Å². The van der Waals surface area contributed by atoms with Crippen LogP contribution in [0.5, 0.6) is 0 Å². The molecule has 0 radical (unpaired) electrons. The van der Waals surface area contributed by atoms with Crippen molar-refractivity contribution in [3.63, 3.8) is 0 Å². The standard InChI is InChI=1S/C23H17N5O/c1-16-13-22(26-23(29)19(15-24)14-17-7-3-2-4-8-17)28(27-16)21-12-11-18-9-5-6-10-20(18)25-21/h2-14H,1H3,(H,26,29)/b19-14+. The Morgan fingerprint density at radius 3 is 2.62 bits per heavy atom. The number of nitriles is 1. The van der Waals surface area contributed by atoms with E-state index in [0.717, 1.165) is 22.2 Å². The minimum Gasteiger partial charge on any atom is -0.306 e. The van der Waals surface area contributed by atoms with Gasteiger partial charge in [-0.3, -0.25) is 4.79 Å². The Labute approximate surface area is 167 Å². The molecule has 1 amide bonds. The van der Waals surface area contributed by atoms with Gasteiger partial charge in [-0.1, -0.05) is 48.5 Å². The maximum atomic E-state index is 12.7. The molecule has 6 nitrogen and oxygen atoms in total. The molecule has 2 heterocycles. The van der Waals surface area contributed by atoms with Crippen LogP contribution in [0.25, 0.3) is 22.8 Å². The molecule has 0 spiro atoms. The molecule has 6 heteroatoms. The van der Waals surface area contributed by atoms with Gasteiger partial charge in [0.1, 0.15) is 17.5 Å². The summed E-state index contributed by atoms with van der Waals surface area (Å²) < 4.78 is 1.57. The molecule has 29 heavy (non-hydrogen) atoms. The van der Waals surface area contributed by atoms with Crippen molar-refractivity contribution in [1.29, 1.82) is 5.26 Å². The van der Waals surface area contributed by atoms with Crippen LogP contribution in [-0.2, 0) is 4.79 Å². The molecule has 2 aromatic heterocycles. The van der Waals surface area contributed by atoms with Crippen molar-refractivity contribution >= 4 is 28.7 Å². The Balaban J connectivity index is 1.67. The summed E-state index contributed by atoms with van der Waals surface area (Å²) in [7, 11) is 0. The maximum absolute atomic E-state index is 12.7. The number of carbonyl (C=O) groups excluding carboxylic acids is 1. The molecular formula is C23H17N5O. The van der Waals surface area contributed by atoms with E-state index in [4.69, 9.17) is 0 Å². The van der Waals surface area contributed by atoms with E-state index >= 15 is 0 Å². The predicted molar refractivity (Wildman–Crippen MR) is 112 cm³/mol. The highest BCUT2D eigenvalue weighted by molar-refractivity contribution is 6.09. The summed E-state index contributed by atoms with van der Waals surface area (Å²) in [4.78, 5) is 17.3. The summed E-state index contributed by atoms with van der Waals surface area (Å²) in [6.45, 7) is 1.83. The van der Waals surface area contributed by atoms with Crippen LogP contribution in [-0.4, -0.2) is 20.7 Å². The van der Waals surface area contributed by atoms with Gasteiger partial charge in [0.25, 0.3) is 5.91 Å². The quantitative estimate of drug-likeness (QED) is 0.424. The number of anilines is 1. The van der Waals surface area contributed by atoms with Crippen LogP contribution in [0, 0.1) is 18.3 Å². The van der Waals surface area contributed by atoms with E-state index in [1.165, 1.54) is 0 Å². The minimum absolute atomic E-state index is 0.00748. The van der Waals surface area contributed by atoms with Crippen molar-refractivity contribution in [2.75, 3.05) is 5.32 Å². The number of para-hydroxylation sites is 1. The second kappa shape index (κ2) is 7.79. The third kappa shape index (κ3) is 3.89. The fraction of sp³-hybridized carbons (Fsp3) is 0.0435. The number of fused-ring (bicyclic) bond motifs is 1. The van der Waals surface area contributed by atoms with Crippen LogP contribution in [0.1, 0.15) is 11.3 Å². The molecule has 4 rings (SSSR count). The van der Waals surface area contributed by atoms with Gasteiger partial charge in [-0.2, -0.15) is 15.0 Å². The Bertz CT molecular complexity index is 1270. The van der Waals surface area contributed by atoms with Gasteiger partial charge >= 0.3 is 0 Å². The Hall–Kier alpha value is -4.24. The van der Waals surface area contributed by atoms with Gasteiger partial charge < -0.3 is 5.32 Å². The van der Waals surface area contributed by atoms with E-state index in [2.05, 4.69) is 15.4 Å². The second-order valence-electron chi connectivity index (χ2n) is 6.48. The number of rotatable bonds is 4. The first-order chi connectivity index (χ1) is 14.1. The number of hydrogen-bond donors (Lipinski definition) is 1. The zero-order chi connectivity index (χ0) is 20.2. The van der Waals surface area contributed by atoms with Crippen molar-refractivity contribution < 1.29 is 4.79 Å². The first-order valence-electron chi connectivity index (χ1n) is 9.05. The third-order valence-corrected chi connectivity index (χ3v) is 4.35. The molecule has 4 aromatic rings. The average molecular weight is 379 g/mol. The molecule has 1 N–H and O–H groups in total.